The Bertz CT molecular complexity index is 327. The molecule has 0 aromatic heterocycles. The van der Waals surface area contributed by atoms with Crippen LogP contribution in [0.1, 0.15) is 19.3 Å². The molecule has 0 aromatic carbocycles. The van der Waals surface area contributed by atoms with Gasteiger partial charge in [0.25, 0.3) is 5.91 Å². The first-order valence-corrected chi connectivity index (χ1v) is 5.10. The van der Waals surface area contributed by atoms with Crippen molar-refractivity contribution in [1.29, 1.82) is 0 Å². The predicted octanol–water partition coefficient (Wildman–Crippen LogP) is -0.947. The Kier molecular flexibility index (Phi) is 2.68. The van der Waals surface area contributed by atoms with Crippen LogP contribution < -0.4 is 11.5 Å². The van der Waals surface area contributed by atoms with Gasteiger partial charge in [0.2, 0.25) is 5.96 Å². The fourth-order valence-corrected chi connectivity index (χ4v) is 1.84. The molecule has 0 unspecified atom stereocenters. The van der Waals surface area contributed by atoms with Crippen LogP contribution in [0, 0.1) is 0 Å². The summed E-state index contributed by atoms with van der Waals surface area (Å²) >= 11 is 0. The molecule has 6 heteroatoms. The molecule has 0 aliphatic carbocycles. The molecule has 15 heavy (non-hydrogen) atoms. The second-order valence-corrected chi connectivity index (χ2v) is 3.89. The topological polar surface area (TPSA) is 97.1 Å². The molecule has 0 atom stereocenters. The summed E-state index contributed by atoms with van der Waals surface area (Å²) in [6, 6.07) is 0.271. The van der Waals surface area contributed by atoms with Gasteiger partial charge in [0.15, 0.2) is 0 Å². The van der Waals surface area contributed by atoms with Crippen molar-refractivity contribution in [3.05, 3.63) is 0 Å². The minimum atomic E-state index is -0.215. The van der Waals surface area contributed by atoms with Crippen LogP contribution >= 0.6 is 0 Å². The van der Waals surface area contributed by atoms with E-state index in [0.717, 1.165) is 31.8 Å². The summed E-state index contributed by atoms with van der Waals surface area (Å²) in [4.78, 5) is 20.9. The van der Waals surface area contributed by atoms with Crippen molar-refractivity contribution >= 4 is 17.7 Å². The average Bonchev–Trinajstić information content (AvgIpc) is 2.17. The SMILES string of the molecule is NC1=NC(=O)CC(N2CCC(N)CC2)=N1. The van der Waals surface area contributed by atoms with Gasteiger partial charge in [0.1, 0.15) is 5.84 Å². The van der Waals surface area contributed by atoms with Crippen LogP contribution in [0.2, 0.25) is 0 Å². The number of amides is 1. The number of rotatable bonds is 0. The number of nitrogens with zero attached hydrogens (tertiary/aromatic N) is 3. The second kappa shape index (κ2) is 3.98. The molecule has 1 amide bonds. The summed E-state index contributed by atoms with van der Waals surface area (Å²) in [5.41, 5.74) is 11.2. The molecule has 0 aromatic rings. The lowest BCUT2D eigenvalue weighted by Gasteiger charge is -2.32. The highest BCUT2D eigenvalue weighted by Crippen LogP contribution is 2.12. The molecule has 1 fully saturated rings. The zero-order valence-electron chi connectivity index (χ0n) is 8.52. The highest BCUT2D eigenvalue weighted by Gasteiger charge is 2.23. The molecule has 6 nitrogen and oxygen atoms in total. The number of likely N-dealkylation sites (tertiary alicyclic amines) is 1. The van der Waals surface area contributed by atoms with Crippen molar-refractivity contribution in [1.82, 2.24) is 4.90 Å². The third-order valence-electron chi connectivity index (χ3n) is 2.70. The van der Waals surface area contributed by atoms with E-state index in [9.17, 15) is 4.79 Å². The van der Waals surface area contributed by atoms with E-state index < -0.39 is 0 Å². The maximum absolute atomic E-state index is 11.2. The number of carbonyl (C=O) groups excluding carboxylic acids is 1. The van der Waals surface area contributed by atoms with Crippen LogP contribution in [0.3, 0.4) is 0 Å². The normalized spacial score (nSPS) is 23.8. The first kappa shape index (κ1) is 10.1. The third kappa shape index (κ3) is 2.33. The number of carbonyl (C=O) groups is 1. The number of piperidine rings is 1. The van der Waals surface area contributed by atoms with Crippen molar-refractivity contribution < 1.29 is 4.79 Å². The van der Waals surface area contributed by atoms with E-state index in [-0.39, 0.29) is 24.3 Å². The van der Waals surface area contributed by atoms with E-state index in [4.69, 9.17) is 11.5 Å². The molecular formula is C9H15N5O. The number of hydrogen-bond donors (Lipinski definition) is 2. The minimum absolute atomic E-state index is 0.0659. The summed E-state index contributed by atoms with van der Waals surface area (Å²) in [5.74, 6) is 0.586. The monoisotopic (exact) mass is 209 g/mol. The van der Waals surface area contributed by atoms with Crippen LogP contribution in [-0.4, -0.2) is 41.7 Å². The largest absolute Gasteiger partial charge is 0.368 e. The standard InChI is InChI=1S/C9H15N5O/c10-6-1-3-14(4-2-6)7-5-8(15)13-9(11)12-7/h6H,1-5,10H2,(H2,11,13,15). The first-order valence-electron chi connectivity index (χ1n) is 5.10. The van der Waals surface area contributed by atoms with Gasteiger partial charge in [0.05, 0.1) is 6.42 Å². The van der Waals surface area contributed by atoms with E-state index in [1.54, 1.807) is 0 Å². The minimum Gasteiger partial charge on any atom is -0.368 e. The van der Waals surface area contributed by atoms with Crippen molar-refractivity contribution in [2.75, 3.05) is 13.1 Å². The average molecular weight is 209 g/mol. The maximum atomic E-state index is 11.2. The number of hydrogen-bond acceptors (Lipinski definition) is 5. The van der Waals surface area contributed by atoms with Crippen LogP contribution in [0.4, 0.5) is 0 Å². The molecule has 2 aliphatic rings. The van der Waals surface area contributed by atoms with Crippen molar-refractivity contribution in [3.8, 4) is 0 Å². The first-order chi connectivity index (χ1) is 7.15. The van der Waals surface area contributed by atoms with Crippen molar-refractivity contribution in [3.63, 3.8) is 0 Å². The van der Waals surface area contributed by atoms with E-state index in [1.165, 1.54) is 0 Å². The quantitative estimate of drug-likeness (QED) is 0.537. The van der Waals surface area contributed by atoms with Crippen LogP contribution in [-0.2, 0) is 4.79 Å². The molecule has 0 radical (unpaired) electrons. The van der Waals surface area contributed by atoms with Crippen molar-refractivity contribution in [2.45, 2.75) is 25.3 Å². The van der Waals surface area contributed by atoms with Gasteiger partial charge < -0.3 is 16.4 Å². The van der Waals surface area contributed by atoms with Crippen LogP contribution in [0.5, 0.6) is 0 Å². The molecule has 2 aliphatic heterocycles. The summed E-state index contributed by atoms with van der Waals surface area (Å²) in [6.07, 6.45) is 2.13. The third-order valence-corrected chi connectivity index (χ3v) is 2.70. The highest BCUT2D eigenvalue weighted by atomic mass is 16.1. The van der Waals surface area contributed by atoms with E-state index in [2.05, 4.69) is 14.9 Å². The Morgan fingerprint density at radius 3 is 2.53 bits per heavy atom. The van der Waals surface area contributed by atoms with Crippen LogP contribution in [0.15, 0.2) is 9.98 Å². The summed E-state index contributed by atoms with van der Waals surface area (Å²) in [7, 11) is 0. The highest BCUT2D eigenvalue weighted by molar-refractivity contribution is 6.12. The molecule has 2 rings (SSSR count). The maximum Gasteiger partial charge on any atom is 0.256 e. The predicted molar refractivity (Wildman–Crippen MR) is 57.5 cm³/mol. The second-order valence-electron chi connectivity index (χ2n) is 3.89. The van der Waals surface area contributed by atoms with Crippen LogP contribution in [0.25, 0.3) is 0 Å². The molecule has 2 heterocycles. The molecule has 1 saturated heterocycles. The Hall–Kier alpha value is -1.43. The fraction of sp³-hybridized carbons (Fsp3) is 0.667. The van der Waals surface area contributed by atoms with Gasteiger partial charge in [-0.25, -0.2) is 0 Å². The van der Waals surface area contributed by atoms with Gasteiger partial charge in [-0.05, 0) is 12.8 Å². The Balaban J connectivity index is 2.05. The Morgan fingerprint density at radius 2 is 1.93 bits per heavy atom. The summed E-state index contributed by atoms with van der Waals surface area (Å²) < 4.78 is 0. The Labute approximate surface area is 88.0 Å². The summed E-state index contributed by atoms with van der Waals surface area (Å²) in [6.45, 7) is 1.70. The number of nitrogens with two attached hydrogens (primary N) is 2. The van der Waals surface area contributed by atoms with E-state index in [0.29, 0.717) is 0 Å². The number of guanidine groups is 1. The van der Waals surface area contributed by atoms with Gasteiger partial charge >= 0.3 is 0 Å². The fourth-order valence-electron chi connectivity index (χ4n) is 1.84. The van der Waals surface area contributed by atoms with E-state index >= 15 is 0 Å². The van der Waals surface area contributed by atoms with Gasteiger partial charge in [-0.3, -0.25) is 4.79 Å². The van der Waals surface area contributed by atoms with Crippen molar-refractivity contribution in [2.24, 2.45) is 21.5 Å². The molecular weight excluding hydrogens is 194 g/mol. The molecule has 0 spiro atoms. The zero-order valence-corrected chi connectivity index (χ0v) is 8.52. The molecule has 4 N–H and O–H groups in total. The number of amidine groups is 1. The van der Waals surface area contributed by atoms with E-state index in [1.807, 2.05) is 0 Å². The smallest absolute Gasteiger partial charge is 0.256 e. The zero-order chi connectivity index (χ0) is 10.8. The molecule has 0 saturated carbocycles. The molecule has 0 bridgehead atoms. The molecule has 82 valence electrons. The van der Waals surface area contributed by atoms with Gasteiger partial charge in [-0.1, -0.05) is 0 Å². The van der Waals surface area contributed by atoms with Gasteiger partial charge in [-0.2, -0.15) is 9.98 Å². The summed E-state index contributed by atoms with van der Waals surface area (Å²) in [5, 5.41) is 0. The van der Waals surface area contributed by atoms with Gasteiger partial charge in [-0.15, -0.1) is 0 Å². The lowest BCUT2D eigenvalue weighted by Crippen LogP contribution is -2.44. The lowest BCUT2D eigenvalue weighted by molar-refractivity contribution is -0.116. The Morgan fingerprint density at radius 1 is 1.27 bits per heavy atom. The number of aliphatic imine (C=N–C) groups is 2. The van der Waals surface area contributed by atoms with Gasteiger partial charge in [0, 0.05) is 19.1 Å². The lowest BCUT2D eigenvalue weighted by atomic mass is 10.1.